The molecular formula is C13H20N2O3. The molecule has 0 saturated heterocycles. The summed E-state index contributed by atoms with van der Waals surface area (Å²) in [6.07, 6.45) is -0.305. The van der Waals surface area contributed by atoms with Crippen molar-refractivity contribution in [1.29, 1.82) is 0 Å². The van der Waals surface area contributed by atoms with Gasteiger partial charge in [0.25, 0.3) is 5.91 Å². The summed E-state index contributed by atoms with van der Waals surface area (Å²) in [5.41, 5.74) is 2.84. The second-order valence-corrected chi connectivity index (χ2v) is 4.68. The lowest BCUT2D eigenvalue weighted by atomic mass is 10.1. The molecule has 0 aromatic carbocycles. The van der Waals surface area contributed by atoms with Gasteiger partial charge in [0.05, 0.1) is 6.04 Å². The standard InChI is InChI=1S/C13H20N2O3/c1-4-18-12(16)6-10-7-14-13(17)11-5-8(2)9(3)15(10)11/h5,10,12,16H,4,6-7H2,1-3H3,(H,14,17). The van der Waals surface area contributed by atoms with Crippen molar-refractivity contribution >= 4 is 5.91 Å². The Morgan fingerprint density at radius 1 is 1.61 bits per heavy atom. The first kappa shape index (κ1) is 13.1. The van der Waals surface area contributed by atoms with E-state index in [1.54, 1.807) is 0 Å². The number of fused-ring (bicyclic) bond motifs is 1. The van der Waals surface area contributed by atoms with E-state index in [1.807, 2.05) is 31.4 Å². The highest BCUT2D eigenvalue weighted by molar-refractivity contribution is 5.94. The molecule has 2 heterocycles. The van der Waals surface area contributed by atoms with Crippen molar-refractivity contribution in [2.75, 3.05) is 13.2 Å². The molecule has 2 unspecified atom stereocenters. The Balaban J connectivity index is 2.25. The van der Waals surface area contributed by atoms with Gasteiger partial charge in [-0.3, -0.25) is 4.79 Å². The first-order chi connectivity index (χ1) is 8.54. The van der Waals surface area contributed by atoms with Crippen LogP contribution < -0.4 is 5.32 Å². The molecule has 0 saturated carbocycles. The van der Waals surface area contributed by atoms with E-state index in [-0.39, 0.29) is 11.9 Å². The maximum atomic E-state index is 11.8. The highest BCUT2D eigenvalue weighted by atomic mass is 16.6. The number of aryl methyl sites for hydroxylation is 1. The van der Waals surface area contributed by atoms with Gasteiger partial charge in [-0.15, -0.1) is 0 Å². The van der Waals surface area contributed by atoms with Crippen LogP contribution in [0.3, 0.4) is 0 Å². The molecule has 2 N–H and O–H groups in total. The molecule has 1 aliphatic heterocycles. The number of nitrogens with one attached hydrogen (secondary N) is 1. The van der Waals surface area contributed by atoms with Crippen LogP contribution >= 0.6 is 0 Å². The number of aliphatic hydroxyl groups excluding tert-OH is 1. The molecule has 18 heavy (non-hydrogen) atoms. The zero-order valence-electron chi connectivity index (χ0n) is 11.1. The number of aromatic nitrogens is 1. The van der Waals surface area contributed by atoms with Crippen molar-refractivity contribution in [3.63, 3.8) is 0 Å². The van der Waals surface area contributed by atoms with Crippen LogP contribution in [0.1, 0.15) is 41.1 Å². The van der Waals surface area contributed by atoms with Gasteiger partial charge in [-0.05, 0) is 32.4 Å². The quantitative estimate of drug-likeness (QED) is 0.790. The van der Waals surface area contributed by atoms with E-state index in [2.05, 4.69) is 5.32 Å². The van der Waals surface area contributed by atoms with Gasteiger partial charge in [-0.1, -0.05) is 0 Å². The van der Waals surface area contributed by atoms with Crippen molar-refractivity contribution in [3.8, 4) is 0 Å². The summed E-state index contributed by atoms with van der Waals surface area (Å²) in [5.74, 6) is -0.0478. The fourth-order valence-electron chi connectivity index (χ4n) is 2.47. The first-order valence-corrected chi connectivity index (χ1v) is 6.30. The van der Waals surface area contributed by atoms with Crippen LogP contribution in [0.5, 0.6) is 0 Å². The van der Waals surface area contributed by atoms with Gasteiger partial charge in [0, 0.05) is 25.3 Å². The number of nitrogens with zero attached hydrogens (tertiary/aromatic N) is 1. The molecular weight excluding hydrogens is 232 g/mol. The van der Waals surface area contributed by atoms with Crippen LogP contribution in [0.15, 0.2) is 6.07 Å². The lowest BCUT2D eigenvalue weighted by molar-refractivity contribution is -0.105. The summed E-state index contributed by atoms with van der Waals surface area (Å²) in [4.78, 5) is 11.8. The number of ether oxygens (including phenoxy) is 1. The average molecular weight is 252 g/mol. The van der Waals surface area contributed by atoms with Crippen LogP contribution in [0.25, 0.3) is 0 Å². The van der Waals surface area contributed by atoms with E-state index in [0.29, 0.717) is 25.3 Å². The maximum Gasteiger partial charge on any atom is 0.268 e. The molecule has 2 rings (SSSR count). The topological polar surface area (TPSA) is 63.5 Å². The molecule has 1 aromatic rings. The second-order valence-electron chi connectivity index (χ2n) is 4.68. The Kier molecular flexibility index (Phi) is 3.73. The largest absolute Gasteiger partial charge is 0.368 e. The lowest BCUT2D eigenvalue weighted by Crippen LogP contribution is -2.40. The lowest BCUT2D eigenvalue weighted by Gasteiger charge is -2.29. The highest BCUT2D eigenvalue weighted by Gasteiger charge is 2.28. The molecule has 5 heteroatoms. The molecule has 1 aliphatic rings. The molecule has 100 valence electrons. The Bertz CT molecular complexity index is 453. The smallest absolute Gasteiger partial charge is 0.268 e. The van der Waals surface area contributed by atoms with Crippen LogP contribution in [-0.2, 0) is 4.74 Å². The van der Waals surface area contributed by atoms with Gasteiger partial charge in [-0.25, -0.2) is 0 Å². The number of amides is 1. The maximum absolute atomic E-state index is 11.8. The summed E-state index contributed by atoms with van der Waals surface area (Å²) < 4.78 is 7.17. The van der Waals surface area contributed by atoms with Gasteiger partial charge in [-0.2, -0.15) is 0 Å². The Morgan fingerprint density at radius 2 is 2.33 bits per heavy atom. The molecule has 0 aliphatic carbocycles. The minimum absolute atomic E-state index is 0.0478. The van der Waals surface area contributed by atoms with Gasteiger partial charge in [0.15, 0.2) is 6.29 Å². The summed E-state index contributed by atoms with van der Waals surface area (Å²) in [6.45, 7) is 6.85. The van der Waals surface area contributed by atoms with E-state index >= 15 is 0 Å². The predicted octanol–water partition coefficient (Wildman–Crippen LogP) is 1.13. The van der Waals surface area contributed by atoms with Crippen LogP contribution in [-0.4, -0.2) is 35.0 Å². The molecule has 0 fully saturated rings. The SMILES string of the molecule is CCOC(O)CC1CNC(=O)c2cc(C)c(C)n21. The van der Waals surface area contributed by atoms with Crippen LogP contribution in [0.4, 0.5) is 0 Å². The Labute approximate surface area is 107 Å². The third kappa shape index (κ3) is 2.28. The van der Waals surface area contributed by atoms with Gasteiger partial charge < -0.3 is 19.7 Å². The van der Waals surface area contributed by atoms with Gasteiger partial charge >= 0.3 is 0 Å². The van der Waals surface area contributed by atoms with Crippen molar-refractivity contribution in [3.05, 3.63) is 23.0 Å². The van der Waals surface area contributed by atoms with Crippen LogP contribution in [0, 0.1) is 13.8 Å². The molecule has 2 atom stereocenters. The van der Waals surface area contributed by atoms with E-state index < -0.39 is 6.29 Å². The summed E-state index contributed by atoms with van der Waals surface area (Å²) in [6, 6.07) is 1.94. The minimum atomic E-state index is -0.787. The second kappa shape index (κ2) is 5.12. The molecule has 0 bridgehead atoms. The minimum Gasteiger partial charge on any atom is -0.368 e. The van der Waals surface area contributed by atoms with Gasteiger partial charge in [0.1, 0.15) is 5.69 Å². The van der Waals surface area contributed by atoms with E-state index in [9.17, 15) is 9.90 Å². The average Bonchev–Trinajstić information content (AvgIpc) is 2.61. The molecule has 1 aromatic heterocycles. The highest BCUT2D eigenvalue weighted by Crippen LogP contribution is 2.26. The fourth-order valence-corrected chi connectivity index (χ4v) is 2.47. The predicted molar refractivity (Wildman–Crippen MR) is 67.5 cm³/mol. The van der Waals surface area contributed by atoms with Crippen molar-refractivity contribution in [2.45, 2.75) is 39.5 Å². The summed E-state index contributed by atoms with van der Waals surface area (Å²) in [5, 5.41) is 12.6. The molecule has 1 amide bonds. The number of rotatable bonds is 4. The number of carbonyl (C=O) groups is 1. The van der Waals surface area contributed by atoms with Crippen molar-refractivity contribution < 1.29 is 14.6 Å². The van der Waals surface area contributed by atoms with Crippen molar-refractivity contribution in [1.82, 2.24) is 9.88 Å². The Hall–Kier alpha value is -1.33. The van der Waals surface area contributed by atoms with Crippen LogP contribution in [0.2, 0.25) is 0 Å². The number of hydrogen-bond donors (Lipinski definition) is 2. The third-order valence-electron chi connectivity index (χ3n) is 3.47. The monoisotopic (exact) mass is 252 g/mol. The van der Waals surface area contributed by atoms with E-state index in [4.69, 9.17) is 4.74 Å². The third-order valence-corrected chi connectivity index (χ3v) is 3.47. The molecule has 5 nitrogen and oxygen atoms in total. The summed E-state index contributed by atoms with van der Waals surface area (Å²) in [7, 11) is 0. The summed E-state index contributed by atoms with van der Waals surface area (Å²) >= 11 is 0. The fraction of sp³-hybridized carbons (Fsp3) is 0.615. The van der Waals surface area contributed by atoms with Crippen molar-refractivity contribution in [2.24, 2.45) is 0 Å². The zero-order chi connectivity index (χ0) is 13.3. The van der Waals surface area contributed by atoms with Gasteiger partial charge in [0.2, 0.25) is 0 Å². The first-order valence-electron chi connectivity index (χ1n) is 6.30. The number of carbonyl (C=O) groups excluding carboxylic acids is 1. The number of hydrogen-bond acceptors (Lipinski definition) is 3. The zero-order valence-corrected chi connectivity index (χ0v) is 11.1. The normalized spacial score (nSPS) is 20.4. The molecule has 0 spiro atoms. The van der Waals surface area contributed by atoms with E-state index in [1.165, 1.54) is 0 Å². The number of aliphatic hydroxyl groups is 1. The Morgan fingerprint density at radius 3 is 3.00 bits per heavy atom. The molecule has 0 radical (unpaired) electrons. The van der Waals surface area contributed by atoms with E-state index in [0.717, 1.165) is 11.3 Å².